The van der Waals surface area contributed by atoms with Crippen LogP contribution in [0.2, 0.25) is 0 Å². The average molecular weight is 330 g/mol. The van der Waals surface area contributed by atoms with Gasteiger partial charge in [0, 0.05) is 19.5 Å². The fourth-order valence-corrected chi connectivity index (χ4v) is 4.29. The summed E-state index contributed by atoms with van der Waals surface area (Å²) in [6, 6.07) is 0. The molecule has 0 unspecified atom stereocenters. The maximum Gasteiger partial charge on any atom is 0.211 e. The Kier molecular flexibility index (Phi) is 5.57. The monoisotopic (exact) mass is 330 g/mol. The highest BCUT2D eigenvalue weighted by atomic mass is 32.2. The van der Waals surface area contributed by atoms with Crippen LogP contribution in [-0.4, -0.2) is 46.7 Å². The average Bonchev–Trinajstić information content (AvgIpc) is 3.00. The molecule has 1 aliphatic rings. The summed E-state index contributed by atoms with van der Waals surface area (Å²) in [5.41, 5.74) is 0. The highest BCUT2D eigenvalue weighted by Gasteiger charge is 2.36. The first-order valence-corrected chi connectivity index (χ1v) is 9.43. The molecule has 1 fully saturated rings. The number of nitrogens with zero attached hydrogens (tertiary/aromatic N) is 3. The van der Waals surface area contributed by atoms with Gasteiger partial charge < -0.3 is 9.67 Å². The van der Waals surface area contributed by atoms with Crippen LogP contribution in [0.15, 0.2) is 6.33 Å². The summed E-state index contributed by atoms with van der Waals surface area (Å²) in [4.78, 5) is 0. The topological polar surface area (TPSA) is 97.1 Å². The lowest BCUT2D eigenvalue weighted by molar-refractivity contribution is 0.134. The van der Waals surface area contributed by atoms with Crippen LogP contribution < -0.4 is 4.72 Å². The number of aryl methyl sites for hydroxylation is 1. The van der Waals surface area contributed by atoms with Gasteiger partial charge in [-0.3, -0.25) is 0 Å². The minimum Gasteiger partial charge on any atom is -0.393 e. The van der Waals surface area contributed by atoms with Crippen molar-refractivity contribution in [3.63, 3.8) is 0 Å². The number of nitrogens with one attached hydrogen (secondary N) is 1. The molecule has 2 rings (SSSR count). The van der Waals surface area contributed by atoms with E-state index >= 15 is 0 Å². The Morgan fingerprint density at radius 2 is 2.18 bits per heavy atom. The van der Waals surface area contributed by atoms with E-state index in [4.69, 9.17) is 0 Å². The number of aliphatic hydroxyl groups is 1. The fourth-order valence-electron chi connectivity index (χ4n) is 2.89. The summed E-state index contributed by atoms with van der Waals surface area (Å²) in [7, 11) is -1.38. The molecule has 1 aromatic heterocycles. The summed E-state index contributed by atoms with van der Waals surface area (Å²) in [6.07, 6.45) is 3.11. The molecule has 3 atom stereocenters. The van der Waals surface area contributed by atoms with Crippen LogP contribution in [0.25, 0.3) is 0 Å². The molecule has 7 nitrogen and oxygen atoms in total. The van der Waals surface area contributed by atoms with Crippen LogP contribution in [-0.2, 0) is 17.1 Å². The van der Waals surface area contributed by atoms with Gasteiger partial charge in [-0.05, 0) is 31.1 Å². The van der Waals surface area contributed by atoms with E-state index in [-0.39, 0.29) is 24.1 Å². The zero-order chi connectivity index (χ0) is 16.3. The second-order valence-corrected chi connectivity index (χ2v) is 8.57. The Morgan fingerprint density at radius 1 is 1.45 bits per heavy atom. The second kappa shape index (κ2) is 7.06. The Labute approximate surface area is 132 Å². The van der Waals surface area contributed by atoms with Crippen LogP contribution in [0.5, 0.6) is 0 Å². The smallest absolute Gasteiger partial charge is 0.211 e. The molecule has 0 aromatic carbocycles. The first kappa shape index (κ1) is 17.4. The van der Waals surface area contributed by atoms with Gasteiger partial charge in [0.1, 0.15) is 12.2 Å². The highest BCUT2D eigenvalue weighted by Crippen LogP contribution is 2.37. The number of sulfonamides is 1. The molecule has 0 amide bonds. The molecule has 0 saturated heterocycles. The normalized spacial score (nSPS) is 26.0. The third-order valence-electron chi connectivity index (χ3n) is 4.30. The Hall–Kier alpha value is -0.990. The third kappa shape index (κ3) is 4.50. The van der Waals surface area contributed by atoms with Crippen molar-refractivity contribution in [3.05, 3.63) is 12.2 Å². The first-order chi connectivity index (χ1) is 10.3. The van der Waals surface area contributed by atoms with Gasteiger partial charge in [0.2, 0.25) is 10.0 Å². The molecule has 0 radical (unpaired) electrons. The molecule has 1 heterocycles. The molecular weight excluding hydrogens is 304 g/mol. The summed E-state index contributed by atoms with van der Waals surface area (Å²) in [6.45, 7) is 4.29. The SMILES string of the molecule is CC(C)CCS(=O)(=O)NC[C@H]1C[C@H](c2nncn2C)C[C@H]1O. The molecule has 0 bridgehead atoms. The largest absolute Gasteiger partial charge is 0.393 e. The van der Waals surface area contributed by atoms with Gasteiger partial charge >= 0.3 is 0 Å². The van der Waals surface area contributed by atoms with Gasteiger partial charge in [-0.25, -0.2) is 13.1 Å². The first-order valence-electron chi connectivity index (χ1n) is 7.77. The lowest BCUT2D eigenvalue weighted by Gasteiger charge is -2.15. The van der Waals surface area contributed by atoms with Crippen molar-refractivity contribution >= 4 is 10.0 Å². The molecule has 2 N–H and O–H groups in total. The van der Waals surface area contributed by atoms with Crippen molar-refractivity contribution in [2.24, 2.45) is 18.9 Å². The van der Waals surface area contributed by atoms with Gasteiger partial charge in [-0.1, -0.05) is 13.8 Å². The number of aliphatic hydroxyl groups excluding tert-OH is 1. The molecule has 0 spiro atoms. The van der Waals surface area contributed by atoms with Crippen LogP contribution in [0.3, 0.4) is 0 Å². The van der Waals surface area contributed by atoms with E-state index < -0.39 is 16.1 Å². The lowest BCUT2D eigenvalue weighted by Crippen LogP contribution is -2.34. The Balaban J connectivity index is 1.87. The van der Waals surface area contributed by atoms with E-state index in [1.165, 1.54) is 0 Å². The molecular formula is C14H26N4O3S. The van der Waals surface area contributed by atoms with Crippen molar-refractivity contribution in [2.75, 3.05) is 12.3 Å². The predicted molar refractivity (Wildman–Crippen MR) is 83.7 cm³/mol. The molecule has 0 aliphatic heterocycles. The number of rotatable bonds is 7. The van der Waals surface area contributed by atoms with Crippen molar-refractivity contribution in [1.29, 1.82) is 0 Å². The van der Waals surface area contributed by atoms with E-state index in [9.17, 15) is 13.5 Å². The van der Waals surface area contributed by atoms with Crippen LogP contribution in [0.1, 0.15) is 44.9 Å². The quantitative estimate of drug-likeness (QED) is 0.764. The molecule has 22 heavy (non-hydrogen) atoms. The van der Waals surface area contributed by atoms with Crippen LogP contribution in [0.4, 0.5) is 0 Å². The maximum atomic E-state index is 11.9. The molecule has 1 aromatic rings. The van der Waals surface area contributed by atoms with Gasteiger partial charge in [0.05, 0.1) is 11.9 Å². The number of hydrogen-bond donors (Lipinski definition) is 2. The van der Waals surface area contributed by atoms with E-state index in [0.29, 0.717) is 18.8 Å². The minimum atomic E-state index is -3.26. The lowest BCUT2D eigenvalue weighted by atomic mass is 10.0. The Morgan fingerprint density at radius 3 is 2.77 bits per heavy atom. The summed E-state index contributed by atoms with van der Waals surface area (Å²) < 4.78 is 28.4. The van der Waals surface area contributed by atoms with Crippen molar-refractivity contribution in [1.82, 2.24) is 19.5 Å². The summed E-state index contributed by atoms with van der Waals surface area (Å²) in [5, 5.41) is 18.1. The van der Waals surface area contributed by atoms with Gasteiger partial charge in [-0.15, -0.1) is 10.2 Å². The van der Waals surface area contributed by atoms with Crippen LogP contribution >= 0.6 is 0 Å². The van der Waals surface area contributed by atoms with Crippen LogP contribution in [0, 0.1) is 11.8 Å². The maximum absolute atomic E-state index is 11.9. The van der Waals surface area contributed by atoms with Gasteiger partial charge in [0.15, 0.2) is 0 Å². The molecule has 8 heteroatoms. The molecule has 1 aliphatic carbocycles. The number of hydrogen-bond acceptors (Lipinski definition) is 5. The zero-order valence-electron chi connectivity index (χ0n) is 13.4. The highest BCUT2D eigenvalue weighted by molar-refractivity contribution is 7.89. The van der Waals surface area contributed by atoms with Gasteiger partial charge in [0.25, 0.3) is 0 Å². The third-order valence-corrected chi connectivity index (χ3v) is 5.68. The molecule has 126 valence electrons. The summed E-state index contributed by atoms with van der Waals surface area (Å²) >= 11 is 0. The predicted octanol–water partition coefficient (Wildman–Crippen LogP) is 0.635. The van der Waals surface area contributed by atoms with Crippen molar-refractivity contribution < 1.29 is 13.5 Å². The van der Waals surface area contributed by atoms with E-state index in [1.807, 2.05) is 25.5 Å². The minimum absolute atomic E-state index is 0.0736. The standard InChI is InChI=1S/C14H26N4O3S/c1-10(2)4-5-22(20,21)16-8-12-6-11(7-13(12)19)14-17-15-9-18(14)3/h9-13,16,19H,4-8H2,1-3H3/t11-,12+,13+/m0/s1. The fraction of sp³-hybridized carbons (Fsp3) is 0.857. The van der Waals surface area contributed by atoms with Gasteiger partial charge in [-0.2, -0.15) is 0 Å². The van der Waals surface area contributed by atoms with E-state index in [2.05, 4.69) is 14.9 Å². The zero-order valence-corrected chi connectivity index (χ0v) is 14.3. The summed E-state index contributed by atoms with van der Waals surface area (Å²) in [5.74, 6) is 1.40. The van der Waals surface area contributed by atoms with E-state index in [1.54, 1.807) is 6.33 Å². The van der Waals surface area contributed by atoms with E-state index in [0.717, 1.165) is 12.2 Å². The van der Waals surface area contributed by atoms with Crippen molar-refractivity contribution in [2.45, 2.75) is 45.1 Å². The second-order valence-electron chi connectivity index (χ2n) is 6.65. The molecule has 1 saturated carbocycles. The van der Waals surface area contributed by atoms with Crippen molar-refractivity contribution in [3.8, 4) is 0 Å². The number of aromatic nitrogens is 3. The Bertz CT molecular complexity index is 585.